The highest BCUT2D eigenvalue weighted by Crippen LogP contribution is 2.72. The number of nitrogens with one attached hydrogen (secondary N) is 2. The Morgan fingerprint density at radius 1 is 0.804 bits per heavy atom. The van der Waals surface area contributed by atoms with Gasteiger partial charge in [0.15, 0.2) is 16.9 Å². The smallest absolute Gasteiger partial charge is 0.410 e. The number of aryl methyl sites for hydroxylation is 1. The van der Waals surface area contributed by atoms with E-state index in [2.05, 4.69) is 29.5 Å². The summed E-state index contributed by atoms with van der Waals surface area (Å²) in [4.78, 5) is 120. The molecular formula is C75H88N10O24S3. The lowest BCUT2D eigenvalue weighted by molar-refractivity contribution is -0.271. The Bertz CT molecular complexity index is 4890. The number of thiazole rings is 1. The van der Waals surface area contributed by atoms with Crippen molar-refractivity contribution >= 4 is 100 Å². The molecule has 2 unspecified atom stereocenters. The van der Waals surface area contributed by atoms with Crippen molar-refractivity contribution in [3.63, 3.8) is 0 Å². The van der Waals surface area contributed by atoms with E-state index >= 15 is 0 Å². The number of pyridine rings is 1. The lowest BCUT2D eigenvalue weighted by Gasteiger charge is -2.69. The number of aromatic carboxylic acids is 1. The number of hydrogen-bond donors (Lipinski definition) is 9. The highest BCUT2D eigenvalue weighted by atomic mass is 32.2. The summed E-state index contributed by atoms with van der Waals surface area (Å²) in [5.74, 6) is -7.35. The zero-order chi connectivity index (χ0) is 80.0. The van der Waals surface area contributed by atoms with E-state index in [9.17, 15) is 85.3 Å². The van der Waals surface area contributed by atoms with Crippen LogP contribution in [0.2, 0.25) is 0 Å². The van der Waals surface area contributed by atoms with Gasteiger partial charge in [0.1, 0.15) is 42.5 Å². The Balaban J connectivity index is 0.655. The second-order valence-electron chi connectivity index (χ2n) is 31.0. The number of likely N-dealkylation sites (tertiary alicyclic amines) is 1. The number of carboxylic acid groups (broad SMARTS) is 2. The van der Waals surface area contributed by atoms with Crippen molar-refractivity contribution in [1.82, 2.24) is 39.8 Å². The minimum absolute atomic E-state index is 0.0736. The molecule has 0 radical (unpaired) electrons. The molecule has 4 aliphatic heterocycles. The van der Waals surface area contributed by atoms with Gasteiger partial charge in [-0.15, -0.1) is 0 Å². The number of ether oxygens (including phenoxy) is 5. The van der Waals surface area contributed by atoms with Gasteiger partial charge >= 0.3 is 18.0 Å². The van der Waals surface area contributed by atoms with Crippen LogP contribution in [-0.4, -0.2) is 246 Å². The predicted molar refractivity (Wildman–Crippen MR) is 399 cm³/mol. The van der Waals surface area contributed by atoms with Gasteiger partial charge in [-0.25, -0.2) is 24.4 Å². The number of nitrogens with zero attached hydrogens (tertiary/aromatic N) is 8. The van der Waals surface area contributed by atoms with E-state index < -0.39 is 148 Å². The van der Waals surface area contributed by atoms with Gasteiger partial charge in [0.25, 0.3) is 38.0 Å². The van der Waals surface area contributed by atoms with Crippen molar-refractivity contribution in [3.05, 3.63) is 130 Å². The molecule has 2 saturated heterocycles. The van der Waals surface area contributed by atoms with E-state index in [0.29, 0.717) is 91.4 Å². The summed E-state index contributed by atoms with van der Waals surface area (Å²) >= 11 is 1.38. The Morgan fingerprint density at radius 3 is 2.26 bits per heavy atom. The van der Waals surface area contributed by atoms with Gasteiger partial charge in [0.2, 0.25) is 18.1 Å². The summed E-state index contributed by atoms with van der Waals surface area (Å²) < 4.78 is 98.8. The Morgan fingerprint density at radius 2 is 1.54 bits per heavy atom. The van der Waals surface area contributed by atoms with Crippen LogP contribution in [0.3, 0.4) is 0 Å². The number of fused-ring (bicyclic) bond motifs is 2. The van der Waals surface area contributed by atoms with E-state index in [4.69, 9.17) is 38.3 Å². The fourth-order valence-electron chi connectivity index (χ4n) is 18.2. The first kappa shape index (κ1) is 80.6. The third-order valence-corrected chi connectivity index (χ3v) is 24.5. The summed E-state index contributed by atoms with van der Waals surface area (Å²) in [6.45, 7) is 5.07. The number of hydrogen-bond acceptors (Lipinski definition) is 25. The molecule has 37 heteroatoms. The molecule has 0 spiro atoms. The maximum atomic E-state index is 14.3. The number of anilines is 2. The van der Waals surface area contributed by atoms with Gasteiger partial charge < -0.3 is 69.2 Å². The number of amides is 6. The summed E-state index contributed by atoms with van der Waals surface area (Å²) in [6.07, 6.45) is -1.49. The molecule has 34 nitrogen and oxygen atoms in total. The van der Waals surface area contributed by atoms with E-state index in [1.165, 1.54) is 23.5 Å². The number of benzene rings is 3. The first-order valence-electron chi connectivity index (χ1n) is 36.7. The van der Waals surface area contributed by atoms with E-state index in [-0.39, 0.29) is 78.3 Å². The summed E-state index contributed by atoms with van der Waals surface area (Å²) in [7, 11) is -9.03. The number of imide groups is 1. The molecular weight excluding hydrogens is 1520 g/mol. The minimum Gasteiger partial charge on any atom is -0.479 e. The summed E-state index contributed by atoms with van der Waals surface area (Å²) in [6, 6.07) is 19.2. The molecule has 3 aromatic carbocycles. The zero-order valence-corrected chi connectivity index (χ0v) is 64.0. The van der Waals surface area contributed by atoms with Crippen LogP contribution in [0.15, 0.2) is 91.1 Å². The number of carbonyl (C=O) groups excluding carboxylic acids is 6. The predicted octanol–water partition coefficient (Wildman–Crippen LogP) is 4.55. The lowest BCUT2D eigenvalue weighted by Crippen LogP contribution is -2.64. The van der Waals surface area contributed by atoms with Crippen molar-refractivity contribution in [2.45, 2.75) is 159 Å². The minimum atomic E-state index is -4.65. The van der Waals surface area contributed by atoms with Crippen LogP contribution in [0.25, 0.3) is 21.3 Å². The number of para-hydroxylation sites is 1. The van der Waals surface area contributed by atoms with Gasteiger partial charge in [-0.2, -0.15) is 21.9 Å². The highest BCUT2D eigenvalue weighted by molar-refractivity contribution is 7.86. The monoisotopic (exact) mass is 1610 g/mol. The molecule has 14 rings (SSSR count). The standard InChI is InChI=1S/C75H88N10O24S3/c1-43-50(48-16-17-56(79-60(48)67(94)95)82-22-20-45-10-8-11-49(51(45)32-82)65(92)80-70-78-52-12-4-5-13-55(52)110-70)31-77-84(43)42-74-37-72(2)36-73(3,38-74)40-75(39-72,41-74)107-25-23-81(24-27-111(99,100)101)71(98)106-34-46-15-14-44(29-54(46)108-69-63(91)61(89)62(90)64(109-69)68(96)97)9-6-7-21-76-57(86)33-83-47(35-105-26-28-112(102,103)104)30-53(66(83)93)85-58(87)18-19-59(85)88/h4-5,8,10-19,29,31,47,53,61-64,69,89-91H,6-7,9,20-28,30,32-42H2,1-3H3,(H,76,86)(H,94,95)(H,96,97)(H,78,80,92)(H,99,100,101)(H,102,103,104)/t47-,53-,61-,62-,63+,64-,69+,72?,73?,74?,75?/m0/s1. The van der Waals surface area contributed by atoms with Crippen LogP contribution < -0.4 is 20.3 Å². The third-order valence-electron chi connectivity index (χ3n) is 22.1. The van der Waals surface area contributed by atoms with Crippen molar-refractivity contribution in [1.29, 1.82) is 0 Å². The Labute approximate surface area is 647 Å². The molecule has 9 atom stereocenters. The topological polar surface area (TPSA) is 473 Å². The molecule has 4 bridgehead atoms. The zero-order valence-electron chi connectivity index (χ0n) is 61.5. The first-order valence-corrected chi connectivity index (χ1v) is 40.8. The van der Waals surface area contributed by atoms with Gasteiger partial charge in [-0.3, -0.25) is 48.0 Å². The number of unbranched alkanes of at least 4 members (excludes halogenated alkanes) is 1. The molecule has 600 valence electrons. The van der Waals surface area contributed by atoms with E-state index in [1.807, 2.05) is 52.9 Å². The fraction of sp³-hybridized carbons (Fsp3) is 0.507. The molecule has 6 aromatic rings. The second-order valence-corrected chi connectivity index (χ2v) is 35.2. The molecule has 4 aliphatic carbocycles. The number of aromatic nitrogens is 4. The molecule has 9 N–H and O–H groups in total. The van der Waals surface area contributed by atoms with Gasteiger partial charge in [-0.1, -0.05) is 61.6 Å². The number of rotatable bonds is 32. The first-order chi connectivity index (χ1) is 53.1. The quantitative estimate of drug-likeness (QED) is 0.0159. The van der Waals surface area contributed by atoms with E-state index in [1.54, 1.807) is 30.5 Å². The maximum absolute atomic E-state index is 14.3. The highest BCUT2D eigenvalue weighted by Gasteiger charge is 2.66. The van der Waals surface area contributed by atoms with E-state index in [0.717, 1.165) is 73.2 Å². The van der Waals surface area contributed by atoms with Gasteiger partial charge in [-0.05, 0) is 140 Å². The molecule has 3 aromatic heterocycles. The van der Waals surface area contributed by atoms with Crippen molar-refractivity contribution < 1.29 is 114 Å². The molecule has 7 heterocycles. The number of aliphatic carboxylic acids is 1. The number of carboxylic acids is 2. The van der Waals surface area contributed by atoms with Crippen molar-refractivity contribution in [2.24, 2.45) is 16.2 Å². The average Bonchev–Trinajstić information content (AvgIpc) is 0.861. The summed E-state index contributed by atoms with van der Waals surface area (Å²) in [5, 5.41) is 63.9. The number of aliphatic hydroxyl groups excluding tert-OH is 3. The normalized spacial score (nSPS) is 26.1. The molecule has 4 saturated carbocycles. The summed E-state index contributed by atoms with van der Waals surface area (Å²) in [5.41, 5.74) is 3.78. The molecule has 112 heavy (non-hydrogen) atoms. The molecule has 8 aliphatic rings. The lowest BCUT2D eigenvalue weighted by atomic mass is 9.39. The SMILES string of the molecule is Cc1c(-c2ccc(N3CCc4cccc(C(=O)Nc5nc6ccccc6s5)c4C3)nc2C(=O)O)cnn1CC12CC3(C)CC(C)(C1)CC(OCCN(CCS(=O)(=O)O)C(=O)OCc1ccc(CCCCNC(=O)CN4C(=O)[C@@H](N5C(=O)C=CC5=O)C[C@H]4COCCS(=O)(=O)O)cc1O[C@@H]1O[C@H](C(=O)O)[C@@H](O)[C@H](O)[C@H]1O)(C3)C2. The van der Waals surface area contributed by atoms with Crippen LogP contribution in [0, 0.1) is 23.2 Å². The van der Waals surface area contributed by atoms with Gasteiger partial charge in [0, 0.05) is 85.8 Å². The number of carbonyl (C=O) groups is 8. The fourth-order valence-corrected chi connectivity index (χ4v) is 19.9. The average molecular weight is 1610 g/mol. The van der Waals surface area contributed by atoms with Crippen LogP contribution in [0.5, 0.6) is 5.75 Å². The van der Waals surface area contributed by atoms with Crippen molar-refractivity contribution in [3.8, 4) is 16.9 Å². The third kappa shape index (κ3) is 18.0. The van der Waals surface area contributed by atoms with Crippen LogP contribution in [0.1, 0.15) is 120 Å². The molecule has 6 amide bonds. The van der Waals surface area contributed by atoms with Crippen LogP contribution >= 0.6 is 11.3 Å². The number of aliphatic hydroxyl groups is 3. The van der Waals surface area contributed by atoms with Gasteiger partial charge in [0.05, 0.1) is 65.9 Å². The Kier molecular flexibility index (Phi) is 23.2. The Hall–Kier alpha value is -9.41. The van der Waals surface area contributed by atoms with Crippen molar-refractivity contribution in [2.75, 3.05) is 74.3 Å². The van der Waals surface area contributed by atoms with Crippen LogP contribution in [-0.2, 0) is 95.7 Å². The second kappa shape index (κ2) is 32.2. The maximum Gasteiger partial charge on any atom is 0.410 e. The molecule has 6 fully saturated rings. The van der Waals surface area contributed by atoms with Crippen LogP contribution in [0.4, 0.5) is 15.7 Å². The largest absolute Gasteiger partial charge is 0.479 e.